The highest BCUT2D eigenvalue weighted by atomic mass is 14.9. The van der Waals surface area contributed by atoms with Gasteiger partial charge >= 0.3 is 0 Å². The number of rotatable bonds is 9. The largest absolute Gasteiger partial charge is 0.313 e. The van der Waals surface area contributed by atoms with Crippen molar-refractivity contribution in [3.05, 3.63) is 0 Å². The van der Waals surface area contributed by atoms with Gasteiger partial charge in [-0.1, -0.05) is 53.9 Å². The van der Waals surface area contributed by atoms with Crippen molar-refractivity contribution in [1.29, 1.82) is 0 Å². The van der Waals surface area contributed by atoms with Gasteiger partial charge in [0.1, 0.15) is 0 Å². The predicted octanol–water partition coefficient (Wildman–Crippen LogP) is 5.64. The highest BCUT2D eigenvalue weighted by Crippen LogP contribution is 2.38. The van der Waals surface area contributed by atoms with Gasteiger partial charge in [-0.05, 0) is 62.3 Å². The molecular formula is C19H39N. The monoisotopic (exact) mass is 281 g/mol. The molecule has 120 valence electrons. The van der Waals surface area contributed by atoms with Crippen LogP contribution in [0.4, 0.5) is 0 Å². The van der Waals surface area contributed by atoms with E-state index >= 15 is 0 Å². The first kappa shape index (κ1) is 18.0. The molecule has 0 saturated heterocycles. The summed E-state index contributed by atoms with van der Waals surface area (Å²) >= 11 is 0. The van der Waals surface area contributed by atoms with E-state index in [9.17, 15) is 0 Å². The van der Waals surface area contributed by atoms with E-state index < -0.39 is 0 Å². The van der Waals surface area contributed by atoms with Gasteiger partial charge in [0.25, 0.3) is 0 Å². The maximum absolute atomic E-state index is 3.94. The van der Waals surface area contributed by atoms with Crippen LogP contribution < -0.4 is 5.32 Å². The molecule has 4 unspecified atom stereocenters. The summed E-state index contributed by atoms with van der Waals surface area (Å²) in [5, 5.41) is 3.94. The van der Waals surface area contributed by atoms with Crippen LogP contribution in [0, 0.1) is 23.7 Å². The Bertz CT molecular complexity index is 228. The van der Waals surface area contributed by atoms with E-state index in [-0.39, 0.29) is 0 Å². The Morgan fingerprint density at radius 1 is 0.950 bits per heavy atom. The summed E-state index contributed by atoms with van der Waals surface area (Å²) in [5.74, 6) is 3.67. The van der Waals surface area contributed by atoms with Gasteiger partial charge in [0.15, 0.2) is 0 Å². The highest BCUT2D eigenvalue weighted by molar-refractivity contribution is 4.87. The predicted molar refractivity (Wildman–Crippen MR) is 91.1 cm³/mol. The molecule has 1 aliphatic carbocycles. The van der Waals surface area contributed by atoms with E-state index in [1.165, 1.54) is 57.9 Å². The number of nitrogens with one attached hydrogen (secondary N) is 1. The molecule has 0 spiro atoms. The number of unbranched alkanes of at least 4 members (excludes halogenated alkanes) is 1. The summed E-state index contributed by atoms with van der Waals surface area (Å²) < 4.78 is 0. The fraction of sp³-hybridized carbons (Fsp3) is 1.00. The Labute approximate surface area is 128 Å². The van der Waals surface area contributed by atoms with Crippen LogP contribution in [0.2, 0.25) is 0 Å². The smallest absolute Gasteiger partial charge is 0.0124 e. The van der Waals surface area contributed by atoms with Gasteiger partial charge in [-0.3, -0.25) is 0 Å². The van der Waals surface area contributed by atoms with Crippen LogP contribution in [0.15, 0.2) is 0 Å². The average molecular weight is 282 g/mol. The SMILES string of the molecule is CCCCC(CC)C(NCCC)C1CC(C)CC(C)C1. The minimum absolute atomic E-state index is 0.775. The molecule has 1 saturated carbocycles. The Hall–Kier alpha value is -0.0400. The second kappa shape index (κ2) is 9.82. The minimum atomic E-state index is 0.775. The van der Waals surface area contributed by atoms with E-state index in [1.807, 2.05) is 0 Å². The Balaban J connectivity index is 2.69. The van der Waals surface area contributed by atoms with Crippen LogP contribution in [0.5, 0.6) is 0 Å². The molecule has 0 radical (unpaired) electrons. The molecule has 0 aliphatic heterocycles. The van der Waals surface area contributed by atoms with Crippen molar-refractivity contribution in [3.63, 3.8) is 0 Å². The molecule has 1 rings (SSSR count). The molecule has 0 bridgehead atoms. The first-order chi connectivity index (χ1) is 9.62. The van der Waals surface area contributed by atoms with E-state index in [2.05, 4.69) is 39.9 Å². The standard InChI is InChI=1S/C19H39N/c1-6-9-10-17(8-3)19(20-11-7-2)18-13-15(4)12-16(5)14-18/h15-20H,6-14H2,1-5H3. The van der Waals surface area contributed by atoms with Gasteiger partial charge in [0, 0.05) is 6.04 Å². The van der Waals surface area contributed by atoms with Gasteiger partial charge in [-0.15, -0.1) is 0 Å². The zero-order valence-corrected chi connectivity index (χ0v) is 14.8. The summed E-state index contributed by atoms with van der Waals surface area (Å²) in [4.78, 5) is 0. The summed E-state index contributed by atoms with van der Waals surface area (Å²) in [5.41, 5.74) is 0. The van der Waals surface area contributed by atoms with Crippen LogP contribution in [0.1, 0.15) is 86.0 Å². The number of hydrogen-bond donors (Lipinski definition) is 1. The Morgan fingerprint density at radius 2 is 1.60 bits per heavy atom. The highest BCUT2D eigenvalue weighted by Gasteiger charge is 2.33. The van der Waals surface area contributed by atoms with Crippen molar-refractivity contribution in [2.75, 3.05) is 6.54 Å². The van der Waals surface area contributed by atoms with Crippen molar-refractivity contribution < 1.29 is 0 Å². The molecule has 1 heteroatoms. The van der Waals surface area contributed by atoms with Crippen molar-refractivity contribution in [2.24, 2.45) is 23.7 Å². The summed E-state index contributed by atoms with van der Waals surface area (Å²) in [6.07, 6.45) is 11.1. The van der Waals surface area contributed by atoms with Gasteiger partial charge in [0.2, 0.25) is 0 Å². The molecule has 0 aromatic rings. The maximum atomic E-state index is 3.94. The molecule has 20 heavy (non-hydrogen) atoms. The van der Waals surface area contributed by atoms with E-state index in [4.69, 9.17) is 0 Å². The molecule has 0 aromatic carbocycles. The lowest BCUT2D eigenvalue weighted by atomic mass is 9.70. The molecule has 4 atom stereocenters. The van der Waals surface area contributed by atoms with Gasteiger partial charge in [-0.2, -0.15) is 0 Å². The fourth-order valence-electron chi connectivity index (χ4n) is 4.44. The van der Waals surface area contributed by atoms with Crippen LogP contribution in [0.3, 0.4) is 0 Å². The van der Waals surface area contributed by atoms with Crippen LogP contribution in [-0.2, 0) is 0 Å². The van der Waals surface area contributed by atoms with Crippen molar-refractivity contribution in [2.45, 2.75) is 92.0 Å². The quantitative estimate of drug-likeness (QED) is 0.576. The molecule has 1 N–H and O–H groups in total. The van der Waals surface area contributed by atoms with Crippen molar-refractivity contribution in [1.82, 2.24) is 5.32 Å². The lowest BCUT2D eigenvalue weighted by Gasteiger charge is -2.40. The Morgan fingerprint density at radius 3 is 2.10 bits per heavy atom. The summed E-state index contributed by atoms with van der Waals surface area (Å²) in [7, 11) is 0. The van der Waals surface area contributed by atoms with E-state index in [1.54, 1.807) is 0 Å². The minimum Gasteiger partial charge on any atom is -0.313 e. The van der Waals surface area contributed by atoms with Crippen LogP contribution in [-0.4, -0.2) is 12.6 Å². The lowest BCUT2D eigenvalue weighted by Crippen LogP contribution is -2.45. The Kier molecular flexibility index (Phi) is 8.84. The second-order valence-electron chi connectivity index (χ2n) is 7.47. The summed E-state index contributed by atoms with van der Waals surface area (Å²) in [6.45, 7) is 13.2. The average Bonchev–Trinajstić information content (AvgIpc) is 2.41. The molecule has 0 amide bonds. The zero-order chi connectivity index (χ0) is 15.0. The number of hydrogen-bond acceptors (Lipinski definition) is 1. The molecule has 1 fully saturated rings. The fourth-order valence-corrected chi connectivity index (χ4v) is 4.44. The molecule has 1 aliphatic rings. The van der Waals surface area contributed by atoms with Gasteiger partial charge < -0.3 is 5.32 Å². The van der Waals surface area contributed by atoms with E-state index in [0.29, 0.717) is 0 Å². The van der Waals surface area contributed by atoms with Crippen molar-refractivity contribution in [3.8, 4) is 0 Å². The third-order valence-electron chi connectivity index (χ3n) is 5.31. The van der Waals surface area contributed by atoms with E-state index in [0.717, 1.165) is 29.7 Å². The van der Waals surface area contributed by atoms with Crippen molar-refractivity contribution >= 4 is 0 Å². The molecule has 0 aromatic heterocycles. The summed E-state index contributed by atoms with van der Waals surface area (Å²) in [6, 6.07) is 0.775. The zero-order valence-electron chi connectivity index (χ0n) is 14.8. The van der Waals surface area contributed by atoms with Crippen LogP contribution >= 0.6 is 0 Å². The maximum Gasteiger partial charge on any atom is 0.0124 e. The molecular weight excluding hydrogens is 242 g/mol. The topological polar surface area (TPSA) is 12.0 Å². The first-order valence-corrected chi connectivity index (χ1v) is 9.35. The van der Waals surface area contributed by atoms with Gasteiger partial charge in [-0.25, -0.2) is 0 Å². The normalized spacial score (nSPS) is 30.1. The second-order valence-corrected chi connectivity index (χ2v) is 7.47. The van der Waals surface area contributed by atoms with Gasteiger partial charge in [0.05, 0.1) is 0 Å². The van der Waals surface area contributed by atoms with Crippen LogP contribution in [0.25, 0.3) is 0 Å². The molecule has 1 nitrogen and oxygen atoms in total. The third-order valence-corrected chi connectivity index (χ3v) is 5.31. The lowest BCUT2D eigenvalue weighted by molar-refractivity contribution is 0.136. The molecule has 0 heterocycles. The first-order valence-electron chi connectivity index (χ1n) is 9.35. The third kappa shape index (κ3) is 5.76.